The molecule has 4 nitrogen and oxygen atoms in total. The summed E-state index contributed by atoms with van der Waals surface area (Å²) in [6.07, 6.45) is 1.62. The van der Waals surface area contributed by atoms with Crippen LogP contribution in [-0.4, -0.2) is 29.7 Å². The van der Waals surface area contributed by atoms with Crippen molar-refractivity contribution in [2.24, 2.45) is 0 Å². The van der Waals surface area contributed by atoms with Crippen molar-refractivity contribution < 1.29 is 9.90 Å². The van der Waals surface area contributed by atoms with Gasteiger partial charge in [0.25, 0.3) is 0 Å². The topological polar surface area (TPSA) is 61.4 Å². The van der Waals surface area contributed by atoms with E-state index in [1.807, 2.05) is 6.92 Å². The Bertz CT molecular complexity index is 404. The first-order valence-corrected chi connectivity index (χ1v) is 6.79. The first kappa shape index (κ1) is 16.0. The monoisotopic (exact) mass is 284 g/mol. The highest BCUT2D eigenvalue weighted by molar-refractivity contribution is 6.30. The number of nitrogens with one attached hydrogen (secondary N) is 2. The zero-order chi connectivity index (χ0) is 14.3. The van der Waals surface area contributed by atoms with E-state index in [4.69, 9.17) is 11.6 Å². The van der Waals surface area contributed by atoms with Gasteiger partial charge in [0.1, 0.15) is 0 Å². The standard InChI is InChI=1S/C14H21ClN2O2/c1-3-8-14(2,19)10-16-9-13(18)17-12-6-4-11(15)5-7-12/h4-7,16,19H,3,8-10H2,1-2H3,(H,17,18). The Balaban J connectivity index is 2.30. The van der Waals surface area contributed by atoms with Crippen molar-refractivity contribution in [3.05, 3.63) is 29.3 Å². The lowest BCUT2D eigenvalue weighted by atomic mass is 10.0. The van der Waals surface area contributed by atoms with Gasteiger partial charge in [0, 0.05) is 17.3 Å². The number of amides is 1. The smallest absolute Gasteiger partial charge is 0.238 e. The molecule has 0 saturated heterocycles. The number of benzene rings is 1. The minimum absolute atomic E-state index is 0.144. The van der Waals surface area contributed by atoms with Crippen molar-refractivity contribution in [1.29, 1.82) is 0 Å². The van der Waals surface area contributed by atoms with Crippen LogP contribution in [0.2, 0.25) is 5.02 Å². The fraction of sp³-hybridized carbons (Fsp3) is 0.500. The normalized spacial score (nSPS) is 13.9. The molecule has 0 aliphatic rings. The summed E-state index contributed by atoms with van der Waals surface area (Å²) in [7, 11) is 0. The van der Waals surface area contributed by atoms with E-state index >= 15 is 0 Å². The lowest BCUT2D eigenvalue weighted by Crippen LogP contribution is -2.40. The molecule has 0 aliphatic heterocycles. The van der Waals surface area contributed by atoms with Crippen molar-refractivity contribution in [2.75, 3.05) is 18.4 Å². The van der Waals surface area contributed by atoms with Gasteiger partial charge >= 0.3 is 0 Å². The molecule has 3 N–H and O–H groups in total. The Morgan fingerprint density at radius 3 is 2.58 bits per heavy atom. The Morgan fingerprint density at radius 1 is 1.37 bits per heavy atom. The lowest BCUT2D eigenvalue weighted by molar-refractivity contribution is -0.115. The summed E-state index contributed by atoms with van der Waals surface area (Å²) in [5.41, 5.74) is -0.0634. The fourth-order valence-corrected chi connectivity index (χ4v) is 1.94. The summed E-state index contributed by atoms with van der Waals surface area (Å²) < 4.78 is 0. The van der Waals surface area contributed by atoms with Gasteiger partial charge in [0.15, 0.2) is 0 Å². The molecule has 0 bridgehead atoms. The van der Waals surface area contributed by atoms with Crippen LogP contribution in [0.25, 0.3) is 0 Å². The van der Waals surface area contributed by atoms with Gasteiger partial charge in [-0.05, 0) is 37.6 Å². The maximum absolute atomic E-state index is 11.7. The largest absolute Gasteiger partial charge is 0.389 e. The molecular formula is C14H21ClN2O2. The number of hydrogen-bond acceptors (Lipinski definition) is 3. The van der Waals surface area contributed by atoms with Crippen LogP contribution in [0, 0.1) is 0 Å². The quantitative estimate of drug-likeness (QED) is 0.721. The molecule has 0 spiro atoms. The Morgan fingerprint density at radius 2 is 2.00 bits per heavy atom. The van der Waals surface area contributed by atoms with Crippen LogP contribution in [0.3, 0.4) is 0 Å². The van der Waals surface area contributed by atoms with E-state index in [1.165, 1.54) is 0 Å². The minimum Gasteiger partial charge on any atom is -0.389 e. The summed E-state index contributed by atoms with van der Waals surface area (Å²) in [5.74, 6) is -0.144. The maximum Gasteiger partial charge on any atom is 0.238 e. The van der Waals surface area contributed by atoms with Gasteiger partial charge in [-0.3, -0.25) is 4.79 Å². The van der Waals surface area contributed by atoms with E-state index in [2.05, 4.69) is 10.6 Å². The third kappa shape index (κ3) is 6.57. The highest BCUT2D eigenvalue weighted by Crippen LogP contribution is 2.13. The molecule has 5 heteroatoms. The molecule has 0 radical (unpaired) electrons. The van der Waals surface area contributed by atoms with Crippen molar-refractivity contribution >= 4 is 23.2 Å². The first-order chi connectivity index (χ1) is 8.93. The van der Waals surface area contributed by atoms with Crippen LogP contribution in [0.5, 0.6) is 0 Å². The fourth-order valence-electron chi connectivity index (χ4n) is 1.81. The second-order valence-corrected chi connectivity index (χ2v) is 5.34. The number of hydrogen-bond donors (Lipinski definition) is 3. The van der Waals surface area contributed by atoms with E-state index in [9.17, 15) is 9.90 Å². The third-order valence-electron chi connectivity index (χ3n) is 2.71. The number of anilines is 1. The number of carbonyl (C=O) groups is 1. The molecule has 1 aromatic rings. The Labute approximate surface area is 119 Å². The molecular weight excluding hydrogens is 264 g/mol. The number of carbonyl (C=O) groups excluding carboxylic acids is 1. The average Bonchev–Trinajstić information content (AvgIpc) is 2.31. The van der Waals surface area contributed by atoms with Gasteiger partial charge in [0.05, 0.1) is 12.1 Å². The van der Waals surface area contributed by atoms with Gasteiger partial charge < -0.3 is 15.7 Å². The first-order valence-electron chi connectivity index (χ1n) is 6.41. The number of aliphatic hydroxyl groups is 1. The molecule has 0 aliphatic carbocycles. The van der Waals surface area contributed by atoms with Crippen LogP contribution in [-0.2, 0) is 4.79 Å². The van der Waals surface area contributed by atoms with Crippen LogP contribution in [0.4, 0.5) is 5.69 Å². The highest BCUT2D eigenvalue weighted by atomic mass is 35.5. The zero-order valence-corrected chi connectivity index (χ0v) is 12.1. The zero-order valence-electron chi connectivity index (χ0n) is 11.4. The van der Waals surface area contributed by atoms with Gasteiger partial charge in [0.2, 0.25) is 5.91 Å². The predicted octanol–water partition coefficient (Wildman–Crippen LogP) is 2.42. The van der Waals surface area contributed by atoms with E-state index in [-0.39, 0.29) is 12.5 Å². The van der Waals surface area contributed by atoms with Crippen molar-refractivity contribution in [1.82, 2.24) is 5.32 Å². The van der Waals surface area contributed by atoms with Crippen LogP contribution >= 0.6 is 11.6 Å². The van der Waals surface area contributed by atoms with Crippen LogP contribution < -0.4 is 10.6 Å². The third-order valence-corrected chi connectivity index (χ3v) is 2.96. The van der Waals surface area contributed by atoms with E-state index in [0.29, 0.717) is 23.7 Å². The highest BCUT2D eigenvalue weighted by Gasteiger charge is 2.18. The Kier molecular flexibility index (Phi) is 6.28. The molecule has 0 aromatic heterocycles. The van der Waals surface area contributed by atoms with E-state index in [0.717, 1.165) is 6.42 Å². The summed E-state index contributed by atoms with van der Waals surface area (Å²) in [6.45, 7) is 4.35. The van der Waals surface area contributed by atoms with E-state index < -0.39 is 5.60 Å². The lowest BCUT2D eigenvalue weighted by Gasteiger charge is -2.22. The Hall–Kier alpha value is -1.10. The maximum atomic E-state index is 11.7. The molecule has 19 heavy (non-hydrogen) atoms. The van der Waals surface area contributed by atoms with Gasteiger partial charge in [-0.1, -0.05) is 24.9 Å². The van der Waals surface area contributed by atoms with Gasteiger partial charge in [-0.2, -0.15) is 0 Å². The number of halogens is 1. The molecule has 0 heterocycles. The molecule has 106 valence electrons. The molecule has 1 unspecified atom stereocenters. The van der Waals surface area contributed by atoms with Gasteiger partial charge in [-0.15, -0.1) is 0 Å². The predicted molar refractivity (Wildman–Crippen MR) is 78.5 cm³/mol. The summed E-state index contributed by atoms with van der Waals surface area (Å²) in [6, 6.07) is 6.92. The minimum atomic E-state index is -0.769. The van der Waals surface area contributed by atoms with Crippen LogP contribution in [0.15, 0.2) is 24.3 Å². The molecule has 0 saturated carbocycles. The van der Waals surface area contributed by atoms with Crippen molar-refractivity contribution in [3.8, 4) is 0 Å². The summed E-state index contributed by atoms with van der Waals surface area (Å²) >= 11 is 5.76. The second-order valence-electron chi connectivity index (χ2n) is 4.91. The summed E-state index contributed by atoms with van der Waals surface area (Å²) in [5, 5.41) is 16.3. The second kappa shape index (κ2) is 7.48. The van der Waals surface area contributed by atoms with Crippen molar-refractivity contribution in [3.63, 3.8) is 0 Å². The average molecular weight is 285 g/mol. The SMILES string of the molecule is CCCC(C)(O)CNCC(=O)Nc1ccc(Cl)cc1. The van der Waals surface area contributed by atoms with Gasteiger partial charge in [-0.25, -0.2) is 0 Å². The summed E-state index contributed by atoms with van der Waals surface area (Å²) in [4.78, 5) is 11.7. The van der Waals surface area contributed by atoms with Crippen molar-refractivity contribution in [2.45, 2.75) is 32.3 Å². The molecule has 1 rings (SSSR count). The molecule has 1 atom stereocenters. The van der Waals surface area contributed by atoms with Crippen LogP contribution in [0.1, 0.15) is 26.7 Å². The molecule has 0 fully saturated rings. The molecule has 1 aromatic carbocycles. The molecule has 1 amide bonds. The van der Waals surface area contributed by atoms with E-state index in [1.54, 1.807) is 31.2 Å². The number of rotatable bonds is 7.